The molecule has 0 aromatic heterocycles. The zero-order chi connectivity index (χ0) is 44.3. The van der Waals surface area contributed by atoms with Crippen molar-refractivity contribution in [3.05, 3.63) is 137 Å². The van der Waals surface area contributed by atoms with E-state index in [0.717, 1.165) is 40.6 Å². The quantitative estimate of drug-likeness (QED) is 0.0965. The number of hydrogen-bond acceptors (Lipinski definition) is 7. The molecule has 5 atom stereocenters. The standard InChI is InChI=1S/C51H61N3O7Si/c1-33(2)12-11-13-34(3)26-27-53-45-25-18-39(52-49(57)36-16-19-41(59-5)20-17-36)29-44(45)51(50(53)58)35(4)48(62(7,8)43-23-21-42(60-6)22-24-43)46(61-51)30-47(56)54-31-38-15-10-9-14-37(38)28-40(54)32-55/h9-10,12,14-26,29,35,40,46,48,55H,11,13,27-28,30-32H2,1-8H3,(H,52,57)/b34-26+/t35-,40+,46+,48-,51+/m1/s1. The first-order chi connectivity index (χ1) is 29.7. The van der Waals surface area contributed by atoms with Gasteiger partial charge in [0.2, 0.25) is 5.91 Å². The molecule has 3 aliphatic heterocycles. The van der Waals surface area contributed by atoms with E-state index >= 15 is 4.79 Å². The summed E-state index contributed by atoms with van der Waals surface area (Å²) in [6.45, 7) is 13.6. The molecule has 3 amide bonds. The van der Waals surface area contributed by atoms with Gasteiger partial charge in [0.15, 0.2) is 5.60 Å². The van der Waals surface area contributed by atoms with Crippen molar-refractivity contribution >= 4 is 42.4 Å². The van der Waals surface area contributed by atoms with Gasteiger partial charge in [0.25, 0.3) is 11.8 Å². The Morgan fingerprint density at radius 3 is 2.23 bits per heavy atom. The molecule has 62 heavy (non-hydrogen) atoms. The molecule has 1 spiro atoms. The van der Waals surface area contributed by atoms with E-state index in [9.17, 15) is 14.7 Å². The summed E-state index contributed by atoms with van der Waals surface area (Å²) in [5.41, 5.74) is 5.40. The number of benzene rings is 4. The van der Waals surface area contributed by atoms with Gasteiger partial charge in [0, 0.05) is 35.8 Å². The zero-order valence-electron chi connectivity index (χ0n) is 37.4. The number of aliphatic hydroxyl groups is 1. The first-order valence-electron chi connectivity index (χ1n) is 21.7. The van der Waals surface area contributed by atoms with Gasteiger partial charge in [-0.1, -0.05) is 84.9 Å². The van der Waals surface area contributed by atoms with Crippen molar-refractivity contribution in [3.8, 4) is 11.5 Å². The van der Waals surface area contributed by atoms with Crippen molar-refractivity contribution in [1.29, 1.82) is 0 Å². The molecule has 1 fully saturated rings. The second-order valence-corrected chi connectivity index (χ2v) is 22.6. The number of anilines is 2. The van der Waals surface area contributed by atoms with Crippen LogP contribution in [-0.2, 0) is 32.9 Å². The van der Waals surface area contributed by atoms with Crippen molar-refractivity contribution in [2.24, 2.45) is 5.92 Å². The summed E-state index contributed by atoms with van der Waals surface area (Å²) in [5, 5.41) is 14.8. The van der Waals surface area contributed by atoms with Crippen LogP contribution >= 0.6 is 0 Å². The molecular formula is C51H61N3O7Si. The minimum atomic E-state index is -2.60. The monoisotopic (exact) mass is 855 g/mol. The number of fused-ring (bicyclic) bond motifs is 3. The highest BCUT2D eigenvalue weighted by Crippen LogP contribution is 2.60. The molecular weight excluding hydrogens is 795 g/mol. The molecule has 2 N–H and O–H groups in total. The fourth-order valence-electron chi connectivity index (χ4n) is 9.99. The SMILES string of the molecule is COc1ccc(C(=O)Nc2ccc3c(c2)[C@]2(O[C@@H](CC(=O)N4Cc5ccccc5C[C@H]4CO)[C@H]([Si](C)(C)c4ccc(OC)cc4)[C@H]2C)C(=O)N3C/C=C(\C)CCC=C(C)C)cc1. The van der Waals surface area contributed by atoms with E-state index in [1.54, 1.807) is 43.4 Å². The molecule has 0 unspecified atom stereocenters. The second-order valence-electron chi connectivity index (χ2n) is 17.9. The minimum Gasteiger partial charge on any atom is -0.497 e. The molecule has 0 radical (unpaired) electrons. The lowest BCUT2D eigenvalue weighted by molar-refractivity contribution is -0.150. The van der Waals surface area contributed by atoms with Gasteiger partial charge in [-0.05, 0) is 111 Å². The number of hydrogen-bond donors (Lipinski definition) is 2. The number of ether oxygens (including phenoxy) is 3. The average molecular weight is 856 g/mol. The van der Waals surface area contributed by atoms with Crippen LogP contribution in [0.25, 0.3) is 0 Å². The number of nitrogens with zero attached hydrogens (tertiary/aromatic N) is 2. The Hall–Kier alpha value is -5.49. The summed E-state index contributed by atoms with van der Waals surface area (Å²) in [6.07, 6.45) is 6.11. The van der Waals surface area contributed by atoms with Gasteiger partial charge in [-0.2, -0.15) is 0 Å². The maximum atomic E-state index is 15.5. The summed E-state index contributed by atoms with van der Waals surface area (Å²) in [4.78, 5) is 47.5. The minimum absolute atomic E-state index is 0.0435. The molecule has 3 heterocycles. The fraction of sp³-hybridized carbons (Fsp3) is 0.392. The van der Waals surface area contributed by atoms with Crippen LogP contribution < -0.4 is 24.9 Å². The van der Waals surface area contributed by atoms with E-state index in [4.69, 9.17) is 14.2 Å². The van der Waals surface area contributed by atoms with E-state index in [1.165, 1.54) is 11.1 Å². The summed E-state index contributed by atoms with van der Waals surface area (Å²) in [6, 6.07) is 28.4. The van der Waals surface area contributed by atoms with E-state index in [2.05, 4.69) is 76.5 Å². The average Bonchev–Trinajstić information content (AvgIpc) is 3.70. The highest BCUT2D eigenvalue weighted by atomic mass is 28.3. The summed E-state index contributed by atoms with van der Waals surface area (Å²) in [5.74, 6) is 0.443. The molecule has 10 nitrogen and oxygen atoms in total. The maximum absolute atomic E-state index is 15.5. The lowest BCUT2D eigenvalue weighted by atomic mass is 9.82. The lowest BCUT2D eigenvalue weighted by Gasteiger charge is -2.39. The Morgan fingerprint density at radius 2 is 1.58 bits per heavy atom. The number of carbonyl (C=O) groups excluding carboxylic acids is 3. The fourth-order valence-corrected chi connectivity index (χ4v) is 14.0. The molecule has 0 saturated carbocycles. The van der Waals surface area contributed by atoms with Crippen molar-refractivity contribution in [2.75, 3.05) is 37.6 Å². The number of methoxy groups -OCH3 is 2. The Balaban J connectivity index is 1.30. The summed E-state index contributed by atoms with van der Waals surface area (Å²) >= 11 is 0. The first-order valence-corrected chi connectivity index (χ1v) is 24.8. The molecule has 0 aliphatic carbocycles. The van der Waals surface area contributed by atoms with Crippen LogP contribution in [0.3, 0.4) is 0 Å². The number of aliphatic hydroxyl groups excluding tert-OH is 1. The molecule has 326 valence electrons. The number of amides is 3. The third-order valence-corrected chi connectivity index (χ3v) is 17.8. The molecule has 4 aromatic rings. The number of nitrogens with one attached hydrogen (secondary N) is 1. The Labute approximate surface area is 367 Å². The van der Waals surface area contributed by atoms with Gasteiger partial charge < -0.3 is 34.4 Å². The van der Waals surface area contributed by atoms with Crippen molar-refractivity contribution in [1.82, 2.24) is 4.90 Å². The van der Waals surface area contributed by atoms with E-state index in [0.29, 0.717) is 42.1 Å². The molecule has 0 bridgehead atoms. The Bertz CT molecular complexity index is 2350. The smallest absolute Gasteiger partial charge is 0.264 e. The zero-order valence-corrected chi connectivity index (χ0v) is 38.4. The number of rotatable bonds is 14. The van der Waals surface area contributed by atoms with Crippen LogP contribution in [0, 0.1) is 5.92 Å². The number of carbonyl (C=O) groups is 3. The van der Waals surface area contributed by atoms with Crippen molar-refractivity contribution < 1.29 is 33.7 Å². The number of allylic oxidation sites excluding steroid dienone is 3. The van der Waals surface area contributed by atoms with Gasteiger partial charge >= 0.3 is 0 Å². The molecule has 11 heteroatoms. The summed E-state index contributed by atoms with van der Waals surface area (Å²) < 4.78 is 18.2. The van der Waals surface area contributed by atoms with Crippen LogP contribution in [0.15, 0.2) is 114 Å². The van der Waals surface area contributed by atoms with Gasteiger partial charge in [-0.25, -0.2) is 0 Å². The van der Waals surface area contributed by atoms with Crippen LogP contribution in [0.2, 0.25) is 18.6 Å². The predicted octanol–water partition coefficient (Wildman–Crippen LogP) is 8.55. The third kappa shape index (κ3) is 8.63. The largest absolute Gasteiger partial charge is 0.497 e. The van der Waals surface area contributed by atoms with Crippen LogP contribution in [0.4, 0.5) is 11.4 Å². The predicted molar refractivity (Wildman–Crippen MR) is 248 cm³/mol. The van der Waals surface area contributed by atoms with E-state index in [1.807, 2.05) is 53.4 Å². The highest BCUT2D eigenvalue weighted by Gasteiger charge is 2.66. The summed E-state index contributed by atoms with van der Waals surface area (Å²) in [7, 11) is 0.636. The van der Waals surface area contributed by atoms with Crippen LogP contribution in [0.1, 0.15) is 74.0 Å². The van der Waals surface area contributed by atoms with E-state index in [-0.39, 0.29) is 48.3 Å². The first kappa shape index (κ1) is 44.6. The van der Waals surface area contributed by atoms with E-state index < -0.39 is 19.8 Å². The second kappa shape index (κ2) is 18.5. The third-order valence-electron chi connectivity index (χ3n) is 13.4. The van der Waals surface area contributed by atoms with Crippen molar-refractivity contribution in [2.45, 2.75) is 96.3 Å². The highest BCUT2D eigenvalue weighted by molar-refractivity contribution is 6.91. The van der Waals surface area contributed by atoms with Gasteiger partial charge in [-0.3, -0.25) is 14.4 Å². The molecule has 4 aromatic carbocycles. The molecule has 7 rings (SSSR count). The molecule has 1 saturated heterocycles. The van der Waals surface area contributed by atoms with Gasteiger partial charge in [0.1, 0.15) is 11.5 Å². The topological polar surface area (TPSA) is 118 Å². The maximum Gasteiger partial charge on any atom is 0.264 e. The molecule has 3 aliphatic rings. The van der Waals surface area contributed by atoms with Crippen LogP contribution in [0.5, 0.6) is 11.5 Å². The van der Waals surface area contributed by atoms with Gasteiger partial charge in [-0.15, -0.1) is 0 Å². The van der Waals surface area contributed by atoms with Crippen molar-refractivity contribution in [3.63, 3.8) is 0 Å². The Morgan fingerprint density at radius 1 is 0.919 bits per heavy atom. The van der Waals surface area contributed by atoms with Crippen LogP contribution in [-0.4, -0.2) is 75.3 Å². The normalized spacial score (nSPS) is 22.0. The van der Waals surface area contributed by atoms with Gasteiger partial charge in [0.05, 0.1) is 53.2 Å². The lowest BCUT2D eigenvalue weighted by Crippen LogP contribution is -2.52. The Kier molecular flexibility index (Phi) is 13.3.